The largest absolute Gasteiger partial charge is 0.497 e. The molecule has 0 fully saturated rings. The third-order valence-corrected chi connectivity index (χ3v) is 2.75. The Balaban J connectivity index is 1.88. The smallest absolute Gasteiger partial charge is 0.222 e. The van der Waals surface area contributed by atoms with Crippen molar-refractivity contribution in [3.8, 4) is 5.75 Å². The van der Waals surface area contributed by atoms with Crippen LogP contribution in [-0.4, -0.2) is 23.6 Å². The molecule has 0 aliphatic rings. The number of ether oxygens (including phenoxy) is 1. The van der Waals surface area contributed by atoms with Gasteiger partial charge in [-0.05, 0) is 31.0 Å². The SMILES string of the molecule is COc1ccc(CCNc2cc(C)nc(N)n2)cc1. The molecule has 5 heteroatoms. The second-order valence-corrected chi connectivity index (χ2v) is 4.28. The summed E-state index contributed by atoms with van der Waals surface area (Å²) in [5.41, 5.74) is 7.70. The molecule has 1 aromatic heterocycles. The molecule has 0 unspecified atom stereocenters. The molecule has 2 aromatic rings. The molecule has 0 bridgehead atoms. The predicted octanol–water partition coefficient (Wildman–Crippen LogP) is 2.03. The predicted molar refractivity (Wildman–Crippen MR) is 76.4 cm³/mol. The van der Waals surface area contributed by atoms with E-state index in [1.807, 2.05) is 25.1 Å². The highest BCUT2D eigenvalue weighted by Crippen LogP contribution is 2.12. The van der Waals surface area contributed by atoms with E-state index in [-0.39, 0.29) is 0 Å². The van der Waals surface area contributed by atoms with Gasteiger partial charge in [-0.2, -0.15) is 4.98 Å². The highest BCUT2D eigenvalue weighted by Gasteiger charge is 1.99. The number of rotatable bonds is 5. The first-order valence-corrected chi connectivity index (χ1v) is 6.15. The van der Waals surface area contributed by atoms with E-state index in [0.29, 0.717) is 5.95 Å². The lowest BCUT2D eigenvalue weighted by Crippen LogP contribution is -2.08. The Bertz CT molecular complexity index is 519. The second kappa shape index (κ2) is 6.04. The summed E-state index contributed by atoms with van der Waals surface area (Å²) in [6.07, 6.45) is 0.910. The van der Waals surface area contributed by atoms with Crippen LogP contribution >= 0.6 is 0 Å². The zero-order chi connectivity index (χ0) is 13.7. The lowest BCUT2D eigenvalue weighted by atomic mass is 10.1. The number of aromatic nitrogens is 2. The summed E-state index contributed by atoms with van der Waals surface area (Å²) < 4.78 is 5.12. The minimum absolute atomic E-state index is 0.298. The zero-order valence-corrected chi connectivity index (χ0v) is 11.2. The third kappa shape index (κ3) is 3.84. The van der Waals surface area contributed by atoms with Crippen LogP contribution in [-0.2, 0) is 6.42 Å². The maximum atomic E-state index is 5.60. The van der Waals surface area contributed by atoms with E-state index in [0.717, 1.165) is 30.2 Å². The first-order valence-electron chi connectivity index (χ1n) is 6.15. The monoisotopic (exact) mass is 258 g/mol. The molecule has 0 atom stereocenters. The second-order valence-electron chi connectivity index (χ2n) is 4.28. The van der Waals surface area contributed by atoms with Gasteiger partial charge in [0.2, 0.25) is 5.95 Å². The van der Waals surface area contributed by atoms with E-state index in [1.54, 1.807) is 7.11 Å². The van der Waals surface area contributed by atoms with Crippen molar-refractivity contribution in [3.63, 3.8) is 0 Å². The van der Waals surface area contributed by atoms with E-state index in [9.17, 15) is 0 Å². The van der Waals surface area contributed by atoms with Gasteiger partial charge in [-0.25, -0.2) is 4.98 Å². The Kier molecular flexibility index (Phi) is 4.18. The van der Waals surface area contributed by atoms with Gasteiger partial charge in [0.05, 0.1) is 7.11 Å². The number of nitrogens with one attached hydrogen (secondary N) is 1. The normalized spacial score (nSPS) is 10.2. The van der Waals surface area contributed by atoms with Crippen LogP contribution in [0.1, 0.15) is 11.3 Å². The van der Waals surface area contributed by atoms with Gasteiger partial charge in [0.15, 0.2) is 0 Å². The summed E-state index contributed by atoms with van der Waals surface area (Å²) >= 11 is 0. The number of benzene rings is 1. The van der Waals surface area contributed by atoms with Crippen molar-refractivity contribution in [2.45, 2.75) is 13.3 Å². The third-order valence-electron chi connectivity index (χ3n) is 2.75. The lowest BCUT2D eigenvalue weighted by molar-refractivity contribution is 0.414. The van der Waals surface area contributed by atoms with Gasteiger partial charge in [-0.1, -0.05) is 12.1 Å². The molecule has 2 rings (SSSR count). The molecule has 1 heterocycles. The molecule has 19 heavy (non-hydrogen) atoms. The fraction of sp³-hybridized carbons (Fsp3) is 0.286. The molecule has 3 N–H and O–H groups in total. The van der Waals surface area contributed by atoms with E-state index in [4.69, 9.17) is 10.5 Å². The van der Waals surface area contributed by atoms with Crippen LogP contribution in [0.4, 0.5) is 11.8 Å². The molecular weight excluding hydrogens is 240 g/mol. The number of nitrogens with zero attached hydrogens (tertiary/aromatic N) is 2. The van der Waals surface area contributed by atoms with Gasteiger partial charge in [-0.3, -0.25) is 0 Å². The lowest BCUT2D eigenvalue weighted by Gasteiger charge is -2.07. The molecule has 0 saturated heterocycles. The van der Waals surface area contributed by atoms with Gasteiger partial charge in [-0.15, -0.1) is 0 Å². The van der Waals surface area contributed by atoms with Crippen LogP contribution in [0.5, 0.6) is 5.75 Å². The standard InChI is InChI=1S/C14H18N4O/c1-10-9-13(18-14(15)17-10)16-8-7-11-3-5-12(19-2)6-4-11/h3-6,9H,7-8H2,1-2H3,(H3,15,16,17,18). The summed E-state index contributed by atoms with van der Waals surface area (Å²) in [7, 11) is 1.67. The van der Waals surface area contributed by atoms with Crippen molar-refractivity contribution in [2.24, 2.45) is 0 Å². The van der Waals surface area contributed by atoms with Crippen LogP contribution in [0.15, 0.2) is 30.3 Å². The molecule has 0 amide bonds. The van der Waals surface area contributed by atoms with Gasteiger partial charge >= 0.3 is 0 Å². The minimum Gasteiger partial charge on any atom is -0.497 e. The Morgan fingerprint density at radius 3 is 2.58 bits per heavy atom. The molecule has 0 spiro atoms. The van der Waals surface area contributed by atoms with Gasteiger partial charge in [0.25, 0.3) is 0 Å². The molecule has 0 saturated carbocycles. The van der Waals surface area contributed by atoms with Crippen molar-refractivity contribution < 1.29 is 4.74 Å². The molecule has 0 aliphatic carbocycles. The summed E-state index contributed by atoms with van der Waals surface area (Å²) in [5.74, 6) is 1.93. The molecule has 0 aliphatic heterocycles. The molecule has 5 nitrogen and oxygen atoms in total. The van der Waals surface area contributed by atoms with E-state index >= 15 is 0 Å². The van der Waals surface area contributed by atoms with Crippen molar-refractivity contribution in [3.05, 3.63) is 41.6 Å². The van der Waals surface area contributed by atoms with Crippen LogP contribution in [0.25, 0.3) is 0 Å². The number of nitrogens with two attached hydrogens (primary N) is 1. The van der Waals surface area contributed by atoms with Gasteiger partial charge in [0.1, 0.15) is 11.6 Å². The Labute approximate surface area is 112 Å². The molecule has 0 radical (unpaired) electrons. The van der Waals surface area contributed by atoms with Gasteiger partial charge in [0, 0.05) is 18.3 Å². The number of methoxy groups -OCH3 is 1. The first kappa shape index (κ1) is 13.1. The zero-order valence-electron chi connectivity index (χ0n) is 11.2. The quantitative estimate of drug-likeness (QED) is 0.858. The first-order chi connectivity index (χ1) is 9.17. The van der Waals surface area contributed by atoms with E-state index in [2.05, 4.69) is 27.4 Å². The number of anilines is 2. The topological polar surface area (TPSA) is 73.1 Å². The fourth-order valence-corrected chi connectivity index (χ4v) is 1.81. The maximum Gasteiger partial charge on any atom is 0.222 e. The number of hydrogen-bond acceptors (Lipinski definition) is 5. The summed E-state index contributed by atoms with van der Waals surface area (Å²) in [4.78, 5) is 8.16. The summed E-state index contributed by atoms with van der Waals surface area (Å²) in [6, 6.07) is 9.91. The van der Waals surface area contributed by atoms with Crippen LogP contribution in [0.2, 0.25) is 0 Å². The Morgan fingerprint density at radius 1 is 1.21 bits per heavy atom. The van der Waals surface area contributed by atoms with E-state index in [1.165, 1.54) is 5.56 Å². The number of aryl methyl sites for hydroxylation is 1. The fourth-order valence-electron chi connectivity index (χ4n) is 1.81. The summed E-state index contributed by atoms with van der Waals surface area (Å²) in [5, 5.41) is 3.24. The number of nitrogen functional groups attached to an aromatic ring is 1. The van der Waals surface area contributed by atoms with Crippen molar-refractivity contribution in [2.75, 3.05) is 24.7 Å². The van der Waals surface area contributed by atoms with Crippen molar-refractivity contribution >= 4 is 11.8 Å². The average molecular weight is 258 g/mol. The minimum atomic E-state index is 0.298. The van der Waals surface area contributed by atoms with Crippen LogP contribution in [0, 0.1) is 6.92 Å². The Morgan fingerprint density at radius 2 is 1.95 bits per heavy atom. The highest BCUT2D eigenvalue weighted by atomic mass is 16.5. The summed E-state index contributed by atoms with van der Waals surface area (Å²) in [6.45, 7) is 2.69. The van der Waals surface area contributed by atoms with Gasteiger partial charge < -0.3 is 15.8 Å². The Hall–Kier alpha value is -2.30. The molecular formula is C14H18N4O. The van der Waals surface area contributed by atoms with Crippen molar-refractivity contribution in [1.82, 2.24) is 9.97 Å². The highest BCUT2D eigenvalue weighted by molar-refractivity contribution is 5.40. The number of hydrogen-bond donors (Lipinski definition) is 2. The average Bonchev–Trinajstić information content (AvgIpc) is 2.38. The maximum absolute atomic E-state index is 5.60. The van der Waals surface area contributed by atoms with Crippen molar-refractivity contribution in [1.29, 1.82) is 0 Å². The molecule has 100 valence electrons. The van der Waals surface area contributed by atoms with Crippen LogP contribution in [0.3, 0.4) is 0 Å². The molecule has 1 aromatic carbocycles. The van der Waals surface area contributed by atoms with E-state index < -0.39 is 0 Å². The van der Waals surface area contributed by atoms with Crippen LogP contribution < -0.4 is 15.8 Å².